The third kappa shape index (κ3) is 10.4. The van der Waals surface area contributed by atoms with Gasteiger partial charge in [0, 0.05) is 63.2 Å². The molecule has 0 aromatic carbocycles. The Balaban J connectivity index is -0.000000333. The van der Waals surface area contributed by atoms with Crippen LogP contribution in [-0.4, -0.2) is 4.40 Å². The van der Waals surface area contributed by atoms with Gasteiger partial charge in [0.05, 0.1) is 0 Å². The Kier molecular flexibility index (Phi) is 22.2. The molecule has 0 aliphatic heterocycles. The first-order chi connectivity index (χ1) is 4.93. The molecular weight excluding hydrogens is 843 g/mol. The molecule has 72 valence electrons. The van der Waals surface area contributed by atoms with Gasteiger partial charge in [0.1, 0.15) is 0 Å². The second-order valence-corrected chi connectivity index (χ2v) is 3.38. The monoisotopic (exact) mass is 855 g/mol. The maximum absolute atomic E-state index is 3.37. The summed E-state index contributed by atoms with van der Waals surface area (Å²) in [6, 6.07) is 0. The Hall–Kier alpha value is 2.10. The zero-order valence-corrected chi connectivity index (χ0v) is 18.9. The summed E-state index contributed by atoms with van der Waals surface area (Å²) >= 11 is 1.52. The van der Waals surface area contributed by atoms with Crippen LogP contribution in [0, 0.1) is 6.08 Å². The van der Waals surface area contributed by atoms with Gasteiger partial charge in [-0.1, -0.05) is 0 Å². The van der Waals surface area contributed by atoms with Crippen molar-refractivity contribution in [3.05, 3.63) is 23.8 Å². The first kappa shape index (κ1) is 20.5. The maximum atomic E-state index is 3.37. The van der Waals surface area contributed by atoms with Crippen LogP contribution >= 0.6 is 0 Å². The van der Waals surface area contributed by atoms with E-state index in [2.05, 4.69) is 22.6 Å². The molecule has 0 unspecified atom stereocenters. The Morgan fingerprint density at radius 2 is 1.85 bits per heavy atom. The van der Waals surface area contributed by atoms with E-state index in [-0.39, 0.29) is 63.2 Å². The van der Waals surface area contributed by atoms with E-state index in [4.69, 9.17) is 0 Å². The van der Waals surface area contributed by atoms with Crippen LogP contribution in [0.15, 0.2) is 17.7 Å². The number of allylic oxidation sites excluding steroid dienone is 4. The third-order valence-corrected chi connectivity index (χ3v) is 2.17. The van der Waals surface area contributed by atoms with Gasteiger partial charge in [0.25, 0.3) is 0 Å². The van der Waals surface area contributed by atoms with E-state index in [9.17, 15) is 0 Å². The molecule has 0 saturated carbocycles. The van der Waals surface area contributed by atoms with Gasteiger partial charge in [-0.05, 0) is 0 Å². The van der Waals surface area contributed by atoms with E-state index in [1.807, 2.05) is 0 Å². The fraction of sp³-hybridized carbons (Fsp3) is 0.444. The molecule has 0 radical (unpaired) electrons. The van der Waals surface area contributed by atoms with Crippen LogP contribution in [-0.2, 0) is 82.5 Å². The second kappa shape index (κ2) is 14.1. The summed E-state index contributed by atoms with van der Waals surface area (Å²) < 4.78 is 2.14. The molecule has 13 heavy (non-hydrogen) atoms. The predicted octanol–water partition coefficient (Wildman–Crippen LogP) is 2.19. The van der Waals surface area contributed by atoms with E-state index in [0.29, 0.717) is 0 Å². The molecule has 4 heteroatoms. The molecule has 0 aromatic rings. The van der Waals surface area contributed by atoms with E-state index in [1.165, 1.54) is 44.2 Å². The molecule has 0 saturated heterocycles. The zero-order valence-electron chi connectivity index (χ0n) is 7.19. The van der Waals surface area contributed by atoms with Gasteiger partial charge in [0.2, 0.25) is 0 Å². The van der Waals surface area contributed by atoms with Crippen molar-refractivity contribution in [1.29, 1.82) is 0 Å². The molecular formula is C9H11W4-. The third-order valence-electron chi connectivity index (χ3n) is 1.60. The molecule has 1 aliphatic rings. The number of rotatable bonds is 2. The summed E-state index contributed by atoms with van der Waals surface area (Å²) in [6.07, 6.45) is 12.8. The summed E-state index contributed by atoms with van der Waals surface area (Å²) in [4.78, 5) is 0. The van der Waals surface area contributed by atoms with Gasteiger partial charge in [-0.3, -0.25) is 0 Å². The first-order valence-corrected chi connectivity index (χ1v) is 5.34. The van der Waals surface area contributed by atoms with Crippen molar-refractivity contribution in [1.82, 2.24) is 0 Å². The zero-order chi connectivity index (χ0) is 7.23. The molecule has 0 fully saturated rings. The van der Waals surface area contributed by atoms with Crippen LogP contribution in [0.25, 0.3) is 0 Å². The van der Waals surface area contributed by atoms with Crippen LogP contribution in [0.4, 0.5) is 0 Å². The molecule has 0 amide bonds. The summed E-state index contributed by atoms with van der Waals surface area (Å²) in [5.41, 5.74) is 1.41. The molecule has 0 aromatic heterocycles. The summed E-state index contributed by atoms with van der Waals surface area (Å²) in [7, 11) is 0. The van der Waals surface area contributed by atoms with Crippen LogP contribution in [0.1, 0.15) is 25.7 Å². The number of hydrogen-bond donors (Lipinski definition) is 0. The molecule has 0 nitrogen and oxygen atoms in total. The van der Waals surface area contributed by atoms with Crippen molar-refractivity contribution in [3.8, 4) is 0 Å². The average molecular weight is 855 g/mol. The normalized spacial score (nSPS) is 14.6. The van der Waals surface area contributed by atoms with Crippen molar-refractivity contribution in [2.45, 2.75) is 25.7 Å². The Morgan fingerprint density at radius 1 is 1.15 bits per heavy atom. The van der Waals surface area contributed by atoms with Gasteiger partial charge >= 0.3 is 73.2 Å². The topological polar surface area (TPSA) is 0 Å². The second-order valence-electron chi connectivity index (χ2n) is 2.40. The van der Waals surface area contributed by atoms with Crippen LogP contribution in [0.3, 0.4) is 0 Å². The average Bonchev–Trinajstić information content (AvgIpc) is 2.03. The molecule has 0 spiro atoms. The van der Waals surface area contributed by atoms with E-state index in [1.54, 1.807) is 0 Å². The standard InChI is InChI=1S/C9H11.4W/c1-2-6-9-7-4-3-5-8-9;;;;/h1-2,6H,3-5,7H2;;;;/q-1;;;;/b6-2-;;;;. The molecule has 0 N–H and O–H groups in total. The fourth-order valence-electron chi connectivity index (χ4n) is 1.08. The summed E-state index contributed by atoms with van der Waals surface area (Å²) in [5.74, 6) is 0. The van der Waals surface area contributed by atoms with Crippen LogP contribution in [0.5, 0.6) is 0 Å². The molecule has 0 bridgehead atoms. The van der Waals surface area contributed by atoms with E-state index < -0.39 is 0 Å². The Bertz CT molecular complexity index is 170. The first-order valence-electron chi connectivity index (χ1n) is 3.65. The van der Waals surface area contributed by atoms with Gasteiger partial charge in [-0.25, -0.2) is 0 Å². The minimum absolute atomic E-state index is 0. The van der Waals surface area contributed by atoms with Gasteiger partial charge < -0.3 is 0 Å². The molecule has 1 rings (SSSR count). The van der Waals surface area contributed by atoms with Gasteiger partial charge in [-0.15, -0.1) is 0 Å². The van der Waals surface area contributed by atoms with E-state index >= 15 is 0 Å². The number of hydrogen-bond acceptors (Lipinski definition) is 0. The Labute approximate surface area is 135 Å². The van der Waals surface area contributed by atoms with Crippen LogP contribution in [0.2, 0.25) is 0 Å². The summed E-state index contributed by atoms with van der Waals surface area (Å²) in [6.45, 7) is 0. The minimum atomic E-state index is 0. The van der Waals surface area contributed by atoms with Crippen LogP contribution < -0.4 is 0 Å². The Morgan fingerprint density at radius 3 is 2.31 bits per heavy atom. The molecule has 1 aliphatic carbocycles. The van der Waals surface area contributed by atoms with Crippen molar-refractivity contribution < 1.29 is 82.5 Å². The van der Waals surface area contributed by atoms with Gasteiger partial charge in [0.15, 0.2) is 0 Å². The quantitative estimate of drug-likeness (QED) is 0.375. The molecule has 0 heterocycles. The summed E-state index contributed by atoms with van der Waals surface area (Å²) in [5, 5.41) is 0. The SMILES string of the molecule is [W].[W].[W].[W]=[CH]/C=C\C1=[C-]CCCC1. The van der Waals surface area contributed by atoms with Crippen molar-refractivity contribution >= 4 is 4.40 Å². The van der Waals surface area contributed by atoms with Gasteiger partial charge in [-0.2, -0.15) is 0 Å². The van der Waals surface area contributed by atoms with Crippen molar-refractivity contribution in [2.75, 3.05) is 0 Å². The fourth-order valence-corrected chi connectivity index (χ4v) is 1.36. The van der Waals surface area contributed by atoms with Crippen molar-refractivity contribution in [2.24, 2.45) is 0 Å². The predicted molar refractivity (Wildman–Crippen MR) is 40.4 cm³/mol. The van der Waals surface area contributed by atoms with Crippen molar-refractivity contribution in [3.63, 3.8) is 0 Å². The van der Waals surface area contributed by atoms with E-state index in [0.717, 1.165) is 6.42 Å². The molecule has 0 atom stereocenters.